The highest BCUT2D eigenvalue weighted by Crippen LogP contribution is 2.43. The molecule has 40 heavy (non-hydrogen) atoms. The van der Waals surface area contributed by atoms with Gasteiger partial charge >= 0.3 is 0 Å². The van der Waals surface area contributed by atoms with E-state index in [0.717, 1.165) is 25.8 Å². The van der Waals surface area contributed by atoms with E-state index in [9.17, 15) is 0 Å². The fraction of sp³-hybridized carbons (Fsp3) is 0.500. The quantitative estimate of drug-likeness (QED) is 0.229. The Bertz CT molecular complexity index is 1030. The molecule has 3 aromatic rings. The van der Waals surface area contributed by atoms with Gasteiger partial charge in [0.05, 0.1) is 0 Å². The second kappa shape index (κ2) is 17.3. The molecule has 0 saturated heterocycles. The van der Waals surface area contributed by atoms with Crippen molar-refractivity contribution >= 4 is 0 Å². The summed E-state index contributed by atoms with van der Waals surface area (Å²) >= 11 is 0. The van der Waals surface area contributed by atoms with Crippen LogP contribution in [0.2, 0.25) is 0 Å². The summed E-state index contributed by atoms with van der Waals surface area (Å²) in [6.07, 6.45) is 8.23. The number of benzene rings is 3. The van der Waals surface area contributed by atoms with E-state index >= 15 is 0 Å². The summed E-state index contributed by atoms with van der Waals surface area (Å²) < 4.78 is 0. The van der Waals surface area contributed by atoms with Crippen molar-refractivity contribution in [2.24, 2.45) is 11.5 Å². The predicted octanol–water partition coefficient (Wildman–Crippen LogP) is 8.01. The van der Waals surface area contributed by atoms with Gasteiger partial charge in [-0.1, -0.05) is 138 Å². The fourth-order valence-corrected chi connectivity index (χ4v) is 6.34. The van der Waals surface area contributed by atoms with Gasteiger partial charge in [-0.25, -0.2) is 0 Å². The Labute approximate surface area is 245 Å². The fourth-order valence-electron chi connectivity index (χ4n) is 6.34. The summed E-state index contributed by atoms with van der Waals surface area (Å²) in [6.45, 7) is 9.37. The highest BCUT2D eigenvalue weighted by Gasteiger charge is 2.43. The van der Waals surface area contributed by atoms with Gasteiger partial charge in [-0.2, -0.15) is 0 Å². The SMILES string of the molecule is CC.CCCC(CC)(NC)C(N)c1ccccc1.CN(Cc1ccccc1)C1(C(N)c2ccccc2)CCCC1. The lowest BCUT2D eigenvalue weighted by atomic mass is 9.80. The van der Waals surface area contributed by atoms with Crippen molar-refractivity contribution in [1.29, 1.82) is 0 Å². The van der Waals surface area contributed by atoms with E-state index in [4.69, 9.17) is 11.5 Å². The number of rotatable bonds is 11. The summed E-state index contributed by atoms with van der Waals surface area (Å²) in [5.74, 6) is 0. The first kappa shape index (κ1) is 33.7. The van der Waals surface area contributed by atoms with Gasteiger partial charge in [0, 0.05) is 29.7 Å². The van der Waals surface area contributed by atoms with Crippen LogP contribution in [0.4, 0.5) is 0 Å². The molecule has 1 fully saturated rings. The lowest BCUT2D eigenvalue weighted by Gasteiger charge is -2.44. The van der Waals surface area contributed by atoms with Crippen LogP contribution in [0.25, 0.3) is 0 Å². The van der Waals surface area contributed by atoms with Crippen LogP contribution in [-0.2, 0) is 6.54 Å². The molecule has 4 heteroatoms. The largest absolute Gasteiger partial charge is 0.322 e. The number of likely N-dealkylation sites (N-methyl/N-ethyl adjacent to an activating group) is 2. The van der Waals surface area contributed by atoms with Gasteiger partial charge in [0.1, 0.15) is 0 Å². The smallest absolute Gasteiger partial charge is 0.0482 e. The van der Waals surface area contributed by atoms with E-state index in [2.05, 4.69) is 116 Å². The maximum Gasteiger partial charge on any atom is 0.0482 e. The molecule has 5 N–H and O–H groups in total. The van der Waals surface area contributed by atoms with E-state index in [-0.39, 0.29) is 23.2 Å². The van der Waals surface area contributed by atoms with E-state index in [1.165, 1.54) is 42.4 Å². The third kappa shape index (κ3) is 8.50. The third-order valence-electron chi connectivity index (χ3n) is 8.81. The minimum Gasteiger partial charge on any atom is -0.322 e. The molecular formula is C36H56N4. The normalized spacial score (nSPS) is 17.0. The van der Waals surface area contributed by atoms with Crippen LogP contribution in [0.1, 0.15) is 101 Å². The van der Waals surface area contributed by atoms with Crippen molar-refractivity contribution in [2.45, 2.75) is 102 Å². The van der Waals surface area contributed by atoms with Gasteiger partial charge in [0.25, 0.3) is 0 Å². The van der Waals surface area contributed by atoms with Gasteiger partial charge < -0.3 is 16.8 Å². The molecule has 0 spiro atoms. The molecule has 3 atom stereocenters. The number of hydrogen-bond donors (Lipinski definition) is 3. The standard InChI is InChI=1S/C20H26N2.C14H24N2.C2H6/c1-22(16-17-10-4-2-5-11-17)20(14-8-9-15-20)19(21)18-12-6-3-7-13-18;1-4-11-14(5-2,16-3)13(15)12-9-7-6-8-10-12;1-2/h2-7,10-13,19H,8-9,14-16,21H2,1H3;6-10,13,16H,4-5,11,15H2,1-3H3;1-2H3. The summed E-state index contributed by atoms with van der Waals surface area (Å²) in [4.78, 5) is 2.49. The Hall–Kier alpha value is -2.50. The van der Waals surface area contributed by atoms with Crippen LogP contribution in [0.5, 0.6) is 0 Å². The first-order valence-corrected chi connectivity index (χ1v) is 15.5. The van der Waals surface area contributed by atoms with Gasteiger partial charge in [-0.3, -0.25) is 4.90 Å². The Morgan fingerprint density at radius 3 is 1.73 bits per heavy atom. The maximum atomic E-state index is 6.75. The zero-order valence-corrected chi connectivity index (χ0v) is 26.1. The van der Waals surface area contributed by atoms with Gasteiger partial charge in [-0.15, -0.1) is 0 Å². The molecule has 0 amide bonds. The summed E-state index contributed by atoms with van der Waals surface area (Å²) in [6, 6.07) is 31.8. The first-order chi connectivity index (χ1) is 19.4. The molecule has 0 radical (unpaired) electrons. The Kier molecular flexibility index (Phi) is 14.6. The Morgan fingerprint density at radius 2 is 1.27 bits per heavy atom. The topological polar surface area (TPSA) is 67.3 Å². The average Bonchev–Trinajstić information content (AvgIpc) is 3.53. The van der Waals surface area contributed by atoms with Crippen molar-refractivity contribution < 1.29 is 0 Å². The number of nitrogens with one attached hydrogen (secondary N) is 1. The van der Waals surface area contributed by atoms with E-state index in [1.807, 2.05) is 27.0 Å². The molecule has 0 heterocycles. The zero-order valence-electron chi connectivity index (χ0n) is 26.1. The molecule has 0 aromatic heterocycles. The second-order valence-electron chi connectivity index (χ2n) is 10.9. The third-order valence-corrected chi connectivity index (χ3v) is 8.81. The molecule has 3 unspecified atom stereocenters. The summed E-state index contributed by atoms with van der Waals surface area (Å²) in [5.41, 5.74) is 17.1. The number of nitrogens with zero attached hydrogens (tertiary/aromatic N) is 1. The van der Waals surface area contributed by atoms with Crippen LogP contribution in [0.3, 0.4) is 0 Å². The number of nitrogens with two attached hydrogens (primary N) is 2. The molecule has 4 nitrogen and oxygen atoms in total. The van der Waals surface area contributed by atoms with Crippen molar-refractivity contribution in [1.82, 2.24) is 10.2 Å². The van der Waals surface area contributed by atoms with Gasteiger partial charge in [-0.05, 0) is 56.5 Å². The molecule has 1 saturated carbocycles. The van der Waals surface area contributed by atoms with Crippen LogP contribution in [0.15, 0.2) is 91.0 Å². The van der Waals surface area contributed by atoms with E-state index in [0.29, 0.717) is 0 Å². The Morgan fingerprint density at radius 1 is 0.800 bits per heavy atom. The molecule has 3 aromatic carbocycles. The second-order valence-corrected chi connectivity index (χ2v) is 10.9. The lowest BCUT2D eigenvalue weighted by Crippen LogP contribution is -2.51. The van der Waals surface area contributed by atoms with Crippen molar-refractivity contribution in [2.75, 3.05) is 14.1 Å². The van der Waals surface area contributed by atoms with E-state index < -0.39 is 0 Å². The molecule has 0 aliphatic heterocycles. The van der Waals surface area contributed by atoms with Crippen LogP contribution >= 0.6 is 0 Å². The predicted molar refractivity (Wildman–Crippen MR) is 174 cm³/mol. The molecule has 220 valence electrons. The summed E-state index contributed by atoms with van der Waals surface area (Å²) in [5, 5.41) is 3.44. The maximum absolute atomic E-state index is 6.75. The van der Waals surface area contributed by atoms with Gasteiger partial charge in [0.15, 0.2) is 0 Å². The molecule has 0 bridgehead atoms. The molecule has 1 aliphatic carbocycles. The monoisotopic (exact) mass is 544 g/mol. The molecular weight excluding hydrogens is 488 g/mol. The van der Waals surface area contributed by atoms with Gasteiger partial charge in [0.2, 0.25) is 0 Å². The van der Waals surface area contributed by atoms with E-state index in [1.54, 1.807) is 0 Å². The Balaban J connectivity index is 0.000000277. The molecule has 4 rings (SSSR count). The first-order valence-electron chi connectivity index (χ1n) is 15.5. The van der Waals surface area contributed by atoms with Crippen molar-refractivity contribution in [3.63, 3.8) is 0 Å². The van der Waals surface area contributed by atoms with Crippen molar-refractivity contribution in [3.8, 4) is 0 Å². The number of hydrogen-bond acceptors (Lipinski definition) is 4. The average molecular weight is 545 g/mol. The van der Waals surface area contributed by atoms with Crippen LogP contribution < -0.4 is 16.8 Å². The van der Waals surface area contributed by atoms with Crippen LogP contribution in [0, 0.1) is 0 Å². The highest BCUT2D eigenvalue weighted by atomic mass is 15.2. The zero-order chi connectivity index (χ0) is 29.4. The summed E-state index contributed by atoms with van der Waals surface area (Å²) in [7, 11) is 4.25. The molecule has 1 aliphatic rings. The highest BCUT2D eigenvalue weighted by molar-refractivity contribution is 5.25. The minimum atomic E-state index is 0.0239. The minimum absolute atomic E-state index is 0.0239. The van der Waals surface area contributed by atoms with Crippen molar-refractivity contribution in [3.05, 3.63) is 108 Å². The lowest BCUT2D eigenvalue weighted by molar-refractivity contribution is 0.0866. The van der Waals surface area contributed by atoms with Crippen LogP contribution in [-0.4, -0.2) is 30.1 Å².